The van der Waals surface area contributed by atoms with E-state index in [2.05, 4.69) is 11.9 Å². The van der Waals surface area contributed by atoms with Gasteiger partial charge in [0.05, 0.1) is 0 Å². The lowest BCUT2D eigenvalue weighted by molar-refractivity contribution is -0.156. The standard InChI is InChI=1S/C13H16N2O6S/c1-8(2)11(16)21-13(3,15-12(14)17)9-6-4-5-7-10(9)22(18,19)20/h4-7H,1H2,2-3H3,(H3,14,15,17)(H,18,19,20). The summed E-state index contributed by atoms with van der Waals surface area (Å²) in [6, 6.07) is 4.12. The van der Waals surface area contributed by atoms with Gasteiger partial charge in [0.2, 0.25) is 5.72 Å². The molecule has 120 valence electrons. The minimum atomic E-state index is -4.61. The molecule has 0 saturated heterocycles. The zero-order valence-electron chi connectivity index (χ0n) is 12.0. The third-order valence-electron chi connectivity index (χ3n) is 2.69. The summed E-state index contributed by atoms with van der Waals surface area (Å²) in [6.45, 7) is 6.00. The van der Waals surface area contributed by atoms with Crippen molar-refractivity contribution < 1.29 is 27.3 Å². The fourth-order valence-corrected chi connectivity index (χ4v) is 2.53. The van der Waals surface area contributed by atoms with E-state index in [1.165, 1.54) is 32.0 Å². The average Bonchev–Trinajstić information content (AvgIpc) is 2.36. The highest BCUT2D eigenvalue weighted by molar-refractivity contribution is 7.85. The molecule has 1 aromatic carbocycles. The van der Waals surface area contributed by atoms with Gasteiger partial charge in [0, 0.05) is 11.1 Å². The molecule has 22 heavy (non-hydrogen) atoms. The summed E-state index contributed by atoms with van der Waals surface area (Å²) in [7, 11) is -4.61. The van der Waals surface area contributed by atoms with Gasteiger partial charge in [0.25, 0.3) is 10.1 Å². The Kier molecular flexibility index (Phi) is 4.94. The maximum atomic E-state index is 11.7. The smallest absolute Gasteiger partial charge is 0.335 e. The predicted molar refractivity (Wildman–Crippen MR) is 77.2 cm³/mol. The van der Waals surface area contributed by atoms with E-state index >= 15 is 0 Å². The molecule has 0 aliphatic carbocycles. The van der Waals surface area contributed by atoms with Gasteiger partial charge in [-0.2, -0.15) is 8.42 Å². The van der Waals surface area contributed by atoms with Crippen LogP contribution in [0.4, 0.5) is 4.79 Å². The van der Waals surface area contributed by atoms with Crippen molar-refractivity contribution in [3.8, 4) is 0 Å². The molecule has 0 radical (unpaired) electrons. The van der Waals surface area contributed by atoms with Crippen LogP contribution in [0.15, 0.2) is 41.3 Å². The van der Waals surface area contributed by atoms with Crippen molar-refractivity contribution in [3.63, 3.8) is 0 Å². The first-order valence-electron chi connectivity index (χ1n) is 6.01. The van der Waals surface area contributed by atoms with Crippen LogP contribution in [0.25, 0.3) is 0 Å². The lowest BCUT2D eigenvalue weighted by Gasteiger charge is -2.31. The topological polar surface area (TPSA) is 136 Å². The highest BCUT2D eigenvalue weighted by Crippen LogP contribution is 2.29. The number of hydrogen-bond donors (Lipinski definition) is 3. The number of ether oxygens (including phenoxy) is 1. The summed E-state index contributed by atoms with van der Waals surface area (Å²) in [5, 5.41) is 2.15. The van der Waals surface area contributed by atoms with E-state index in [-0.39, 0.29) is 11.1 Å². The van der Waals surface area contributed by atoms with Crippen LogP contribution in [0.5, 0.6) is 0 Å². The summed E-state index contributed by atoms with van der Waals surface area (Å²) < 4.78 is 37.3. The number of amides is 2. The summed E-state index contributed by atoms with van der Waals surface area (Å²) in [6.07, 6.45) is 0. The number of hydrogen-bond acceptors (Lipinski definition) is 5. The van der Waals surface area contributed by atoms with Crippen LogP contribution in [0.1, 0.15) is 19.4 Å². The van der Waals surface area contributed by atoms with E-state index in [1.54, 1.807) is 0 Å². The first-order valence-corrected chi connectivity index (χ1v) is 7.45. The molecular weight excluding hydrogens is 312 g/mol. The molecule has 0 saturated carbocycles. The maximum absolute atomic E-state index is 11.7. The minimum absolute atomic E-state index is 0.0295. The van der Waals surface area contributed by atoms with Crippen molar-refractivity contribution in [2.24, 2.45) is 5.73 Å². The van der Waals surface area contributed by atoms with Gasteiger partial charge in [-0.1, -0.05) is 24.8 Å². The molecule has 0 spiro atoms. The summed E-state index contributed by atoms with van der Waals surface area (Å²) in [5.41, 5.74) is 3.01. The second kappa shape index (κ2) is 6.16. The lowest BCUT2D eigenvalue weighted by Crippen LogP contribution is -2.49. The molecule has 9 heteroatoms. The monoisotopic (exact) mass is 328 g/mol. The number of rotatable bonds is 5. The van der Waals surface area contributed by atoms with Crippen molar-refractivity contribution in [1.29, 1.82) is 0 Å². The second-order valence-electron chi connectivity index (χ2n) is 4.66. The molecule has 0 aliphatic heterocycles. The Balaban J connectivity index is 3.50. The lowest BCUT2D eigenvalue weighted by atomic mass is 10.0. The SMILES string of the molecule is C=C(C)C(=O)OC(C)(NC(N)=O)c1ccccc1S(=O)(=O)O. The van der Waals surface area contributed by atoms with Gasteiger partial charge in [-0.15, -0.1) is 0 Å². The Morgan fingerprint density at radius 1 is 1.36 bits per heavy atom. The Hall–Kier alpha value is -2.39. The number of nitrogens with two attached hydrogens (primary N) is 1. The Morgan fingerprint density at radius 2 is 1.91 bits per heavy atom. The first-order chi connectivity index (χ1) is 9.97. The van der Waals surface area contributed by atoms with Gasteiger partial charge < -0.3 is 10.5 Å². The molecule has 0 aromatic heterocycles. The molecule has 1 atom stereocenters. The molecule has 8 nitrogen and oxygen atoms in total. The summed E-state index contributed by atoms with van der Waals surface area (Å²) >= 11 is 0. The van der Waals surface area contributed by atoms with Crippen LogP contribution in [0, 0.1) is 0 Å². The first kappa shape index (κ1) is 17.7. The van der Waals surface area contributed by atoms with Crippen molar-refractivity contribution in [1.82, 2.24) is 5.32 Å². The van der Waals surface area contributed by atoms with E-state index in [9.17, 15) is 22.6 Å². The zero-order valence-corrected chi connectivity index (χ0v) is 12.8. The van der Waals surface area contributed by atoms with Gasteiger partial charge in [-0.25, -0.2) is 9.59 Å². The molecule has 0 bridgehead atoms. The Morgan fingerprint density at radius 3 is 2.36 bits per heavy atom. The molecule has 1 unspecified atom stereocenters. The largest absolute Gasteiger partial charge is 0.431 e. The zero-order chi connectivity index (χ0) is 17.1. The molecular formula is C13H16N2O6S. The second-order valence-corrected chi connectivity index (χ2v) is 6.05. The van der Waals surface area contributed by atoms with Crippen molar-refractivity contribution in [3.05, 3.63) is 42.0 Å². The number of nitrogens with one attached hydrogen (secondary N) is 1. The fourth-order valence-electron chi connectivity index (χ4n) is 1.74. The van der Waals surface area contributed by atoms with Crippen LogP contribution >= 0.6 is 0 Å². The molecule has 2 amide bonds. The molecule has 1 aromatic rings. The van der Waals surface area contributed by atoms with E-state index in [4.69, 9.17) is 10.5 Å². The summed E-state index contributed by atoms with van der Waals surface area (Å²) in [5.74, 6) is -0.874. The third-order valence-corrected chi connectivity index (χ3v) is 3.60. The van der Waals surface area contributed by atoms with Gasteiger partial charge >= 0.3 is 12.0 Å². The van der Waals surface area contributed by atoms with Gasteiger partial charge in [-0.3, -0.25) is 9.87 Å². The normalized spacial score (nSPS) is 13.8. The molecule has 0 heterocycles. The molecule has 0 aliphatic rings. The number of benzene rings is 1. The van der Waals surface area contributed by atoms with Crippen LogP contribution in [0.2, 0.25) is 0 Å². The van der Waals surface area contributed by atoms with E-state index in [0.717, 1.165) is 6.07 Å². The molecule has 1 rings (SSSR count). The Labute approximate surface area is 127 Å². The number of esters is 1. The van der Waals surface area contributed by atoms with Crippen molar-refractivity contribution >= 4 is 22.1 Å². The predicted octanol–water partition coefficient (Wildman–Crippen LogP) is 0.894. The third kappa shape index (κ3) is 4.06. The number of carbonyl (C=O) groups excluding carboxylic acids is 2. The van der Waals surface area contributed by atoms with E-state index in [0.29, 0.717) is 0 Å². The number of carbonyl (C=O) groups is 2. The van der Waals surface area contributed by atoms with Crippen LogP contribution in [-0.2, 0) is 25.4 Å². The van der Waals surface area contributed by atoms with Gasteiger partial charge in [-0.05, 0) is 19.9 Å². The quantitative estimate of drug-likeness (QED) is 0.318. The number of primary amides is 1. The van der Waals surface area contributed by atoms with Crippen LogP contribution in [-0.4, -0.2) is 25.0 Å². The van der Waals surface area contributed by atoms with Gasteiger partial charge in [0.15, 0.2) is 0 Å². The van der Waals surface area contributed by atoms with Crippen LogP contribution < -0.4 is 11.1 Å². The van der Waals surface area contributed by atoms with E-state index in [1.807, 2.05) is 0 Å². The highest BCUT2D eigenvalue weighted by atomic mass is 32.2. The van der Waals surface area contributed by atoms with Gasteiger partial charge in [0.1, 0.15) is 4.90 Å². The Bertz CT molecular complexity index is 728. The molecule has 4 N–H and O–H groups in total. The fraction of sp³-hybridized carbons (Fsp3) is 0.231. The maximum Gasteiger partial charge on any atom is 0.335 e. The average molecular weight is 328 g/mol. The van der Waals surface area contributed by atoms with Crippen molar-refractivity contribution in [2.45, 2.75) is 24.5 Å². The minimum Gasteiger partial charge on any atom is -0.431 e. The van der Waals surface area contributed by atoms with Crippen molar-refractivity contribution in [2.75, 3.05) is 0 Å². The number of urea groups is 1. The molecule has 0 fully saturated rings. The summed E-state index contributed by atoms with van der Waals surface area (Å²) in [4.78, 5) is 22.4. The highest BCUT2D eigenvalue weighted by Gasteiger charge is 2.37. The van der Waals surface area contributed by atoms with E-state index < -0.39 is 32.7 Å². The van der Waals surface area contributed by atoms with Crippen LogP contribution in [0.3, 0.4) is 0 Å².